The lowest BCUT2D eigenvalue weighted by atomic mass is 9.78. The quantitative estimate of drug-likeness (QED) is 0.0390. The van der Waals surface area contributed by atoms with E-state index in [2.05, 4.69) is 104 Å². The van der Waals surface area contributed by atoms with E-state index >= 15 is 0 Å². The van der Waals surface area contributed by atoms with Crippen molar-refractivity contribution in [3.8, 4) is 0 Å². The molecule has 0 radical (unpaired) electrons. The Labute approximate surface area is 494 Å². The van der Waals surface area contributed by atoms with Gasteiger partial charge in [0.05, 0.1) is 30.5 Å². The number of methoxy groups -OCH3 is 3. The van der Waals surface area contributed by atoms with Gasteiger partial charge in [-0.15, -0.1) is 0 Å². The summed E-state index contributed by atoms with van der Waals surface area (Å²) in [5, 5.41) is 12.2. The van der Waals surface area contributed by atoms with Crippen LogP contribution < -0.4 is 0 Å². The van der Waals surface area contributed by atoms with Crippen molar-refractivity contribution in [1.29, 1.82) is 0 Å². The summed E-state index contributed by atoms with van der Waals surface area (Å²) in [4.78, 5) is 60.1. The molecule has 16 atom stereocenters. The van der Waals surface area contributed by atoms with Crippen LogP contribution in [0.25, 0.3) is 0 Å². The van der Waals surface area contributed by atoms with Crippen LogP contribution in [0.5, 0.6) is 0 Å². The summed E-state index contributed by atoms with van der Waals surface area (Å²) in [5.41, 5.74) is 1.88. The van der Waals surface area contributed by atoms with E-state index in [1.54, 1.807) is 28.3 Å². The zero-order chi connectivity index (χ0) is 58.8. The summed E-state index contributed by atoms with van der Waals surface area (Å²) < 4.78 is 45.7. The fraction of sp³-hybridized carbons (Fsp3) is 0.810. The van der Waals surface area contributed by atoms with Crippen molar-refractivity contribution < 1.29 is 56.8 Å². The maximum Gasteiger partial charge on any atom is 0.329 e. The van der Waals surface area contributed by atoms with Gasteiger partial charge >= 0.3 is 5.97 Å². The molecular weight excluding hydrogens is 1150 g/mol. The fourth-order valence-electron chi connectivity index (χ4n) is 13.1. The minimum atomic E-state index is -2.38. The molecule has 2 bridgehead atoms. The topological polar surface area (TPSA) is 156 Å². The number of hydrogen-bond donors (Lipinski definition) is 1. The van der Waals surface area contributed by atoms with Crippen LogP contribution in [0, 0.1) is 35.5 Å². The van der Waals surface area contributed by atoms with Gasteiger partial charge in [0.15, 0.2) is 22.4 Å². The number of carbonyl (C=O) groups excluding carboxylic acids is 4. The first-order valence-corrected chi connectivity index (χ1v) is 37.1. The number of alkyl halides is 1. The number of nitrogens with zero attached hydrogens (tertiary/aromatic N) is 1. The molecule has 1 aliphatic carbocycles. The molecule has 3 fully saturated rings. The Hall–Kier alpha value is -1.88. The molecule has 2 saturated heterocycles. The zero-order valence-corrected chi connectivity index (χ0v) is 56.0. The zero-order valence-electron chi connectivity index (χ0n) is 51.8. The van der Waals surface area contributed by atoms with Crippen molar-refractivity contribution in [2.45, 2.75) is 262 Å². The highest BCUT2D eigenvalue weighted by Crippen LogP contribution is 2.40. The van der Waals surface area contributed by atoms with Crippen LogP contribution in [0.4, 0.5) is 0 Å². The van der Waals surface area contributed by atoms with E-state index < -0.39 is 76.5 Å². The van der Waals surface area contributed by atoms with Gasteiger partial charge in [0.2, 0.25) is 5.79 Å². The van der Waals surface area contributed by atoms with E-state index in [-0.39, 0.29) is 58.2 Å². The highest BCUT2D eigenvalue weighted by Gasteiger charge is 2.53. The second-order valence-corrected chi connectivity index (χ2v) is 35.5. The van der Waals surface area contributed by atoms with Crippen LogP contribution in [-0.2, 0) is 51.7 Å². The second-order valence-electron chi connectivity index (χ2n) is 24.4. The van der Waals surface area contributed by atoms with E-state index in [0.717, 1.165) is 73.1 Å². The fourth-order valence-corrected chi connectivity index (χ4v) is 19.6. The molecule has 3 aliphatic heterocycles. The van der Waals surface area contributed by atoms with Gasteiger partial charge < -0.3 is 42.5 Å². The summed E-state index contributed by atoms with van der Waals surface area (Å²) >= 11 is 2.50. The van der Waals surface area contributed by atoms with E-state index in [0.29, 0.717) is 57.3 Å². The molecule has 0 aromatic carbocycles. The Morgan fingerprint density at radius 2 is 1.38 bits per heavy atom. The number of piperidine rings is 1. The number of ketones is 2. The van der Waals surface area contributed by atoms with Gasteiger partial charge in [-0.05, 0) is 156 Å². The van der Waals surface area contributed by atoms with Gasteiger partial charge in [-0.3, -0.25) is 14.4 Å². The van der Waals surface area contributed by atoms with Crippen LogP contribution in [0.15, 0.2) is 47.6 Å². The first kappa shape index (κ1) is 69.6. The Bertz CT molecular complexity index is 2040. The number of ether oxygens (including phenoxy) is 5. The molecule has 452 valence electrons. The Balaban J connectivity index is 1.80. The molecule has 1 amide bonds. The first-order valence-electron chi connectivity index (χ1n) is 30.8. The molecule has 3 heterocycles. The number of halogens is 1. The first-order chi connectivity index (χ1) is 37.5. The molecule has 0 spiro atoms. The number of Topliss-reactive ketones (excluding diaryl/α,β-unsaturated/α-hetero) is 2. The largest absolute Gasteiger partial charge is 0.461 e. The number of amides is 1. The molecule has 0 aromatic heterocycles. The molecule has 1 unspecified atom stereocenters. The third-order valence-corrected chi connectivity index (χ3v) is 30.1. The maximum absolute atomic E-state index is 14.9. The van der Waals surface area contributed by atoms with Crippen molar-refractivity contribution in [2.24, 2.45) is 35.5 Å². The molecule has 13 nitrogen and oxygen atoms in total. The van der Waals surface area contributed by atoms with Gasteiger partial charge in [0.25, 0.3) is 11.7 Å². The third-order valence-electron chi connectivity index (χ3n) is 19.2. The number of rotatable bonds is 16. The number of hydrogen-bond acceptors (Lipinski definition) is 12. The lowest BCUT2D eigenvalue weighted by Crippen LogP contribution is -2.61. The van der Waals surface area contributed by atoms with Crippen LogP contribution in [0.1, 0.15) is 167 Å². The van der Waals surface area contributed by atoms with Crippen molar-refractivity contribution in [3.63, 3.8) is 0 Å². The summed E-state index contributed by atoms with van der Waals surface area (Å²) in [7, 11) is 0.909. The standard InChI is InChI=1S/C63H108INO12Si2/c1-17-78(18-2,19-3)76-53-34-32-49(39-56(53)72-15)38-45(10)55-41-51(64)44(9)37-47(12)58(77-79(20-4,21-5)22-6)59(73-16)57(66)46(11)36-42(7)28-24-23-25-29-43(8)54(71-14)40-50-33-31-48(13)63(70,75-50)60(67)61(68)65-35-27-26-30-52(65)62(69)74-55/h23-25,28-29,37,42,44-46,48-56,58-59,70H,17-22,26-27,30-36,38-41H2,1-16H3/b25-23+,28-24+,43-29+,47-37+/t42-,44-,45-,46-,48-,49+,50?,51+,52+,53-,54+,55+,56-,58-,59+,63-/m1/s1. The highest BCUT2D eigenvalue weighted by molar-refractivity contribution is 14.1. The SMILES string of the molecule is CC[Si](CC)(CC)O[C@@H]1/C(C)=C/[C@@H](C)[C@@H](I)C[C@@H]([C@H](C)C[C@@H]2CC[C@@H](O[Si](CC)(CC)CC)[C@H](OC)C2)OC(=O)[C@@H]2CCCCN2C(=O)C(=O)[C@]2(O)OC(CC[C@H]2C)C[C@H](OC)/C(C)=C/C=C/C=C/[C@@H](C)C[C@@H](C)C(=O)[C@@H]1OC. The molecular formula is C63H108INO12Si2. The van der Waals surface area contributed by atoms with Gasteiger partial charge in [-0.2, -0.15) is 0 Å². The Morgan fingerprint density at radius 3 is 1.99 bits per heavy atom. The number of fused-ring (bicyclic) bond motifs is 3. The third kappa shape index (κ3) is 18.6. The van der Waals surface area contributed by atoms with E-state index in [1.807, 2.05) is 38.2 Å². The average Bonchev–Trinajstić information content (AvgIpc) is 3.45. The predicted molar refractivity (Wildman–Crippen MR) is 330 cm³/mol. The number of carbonyl (C=O) groups is 4. The van der Waals surface area contributed by atoms with Crippen molar-refractivity contribution in [2.75, 3.05) is 27.9 Å². The Kier molecular flexibility index (Phi) is 29.1. The molecule has 79 heavy (non-hydrogen) atoms. The minimum Gasteiger partial charge on any atom is -0.461 e. The highest BCUT2D eigenvalue weighted by atomic mass is 127. The minimum absolute atomic E-state index is 0.0205. The van der Waals surface area contributed by atoms with Crippen LogP contribution in [-0.4, -0.2) is 136 Å². The monoisotopic (exact) mass is 1250 g/mol. The van der Waals surface area contributed by atoms with Crippen molar-refractivity contribution in [1.82, 2.24) is 4.90 Å². The van der Waals surface area contributed by atoms with Crippen molar-refractivity contribution >= 4 is 62.7 Å². The van der Waals surface area contributed by atoms with Crippen LogP contribution in [0.3, 0.4) is 0 Å². The molecule has 16 heteroatoms. The number of esters is 1. The summed E-state index contributed by atoms with van der Waals surface area (Å²) in [5.74, 6) is -5.51. The van der Waals surface area contributed by atoms with Gasteiger partial charge in [-0.25, -0.2) is 4.79 Å². The van der Waals surface area contributed by atoms with Crippen LogP contribution >= 0.6 is 22.6 Å². The number of aliphatic hydroxyl groups is 1. The van der Waals surface area contributed by atoms with E-state index in [4.69, 9.17) is 32.5 Å². The molecule has 4 rings (SSSR count). The Morgan fingerprint density at radius 1 is 0.734 bits per heavy atom. The summed E-state index contributed by atoms with van der Waals surface area (Å²) in [6.07, 6.45) is 17.1. The molecule has 4 aliphatic rings. The number of cyclic esters (lactones) is 1. The van der Waals surface area contributed by atoms with Crippen LogP contribution in [0.2, 0.25) is 36.3 Å². The smallest absolute Gasteiger partial charge is 0.329 e. The normalized spacial score (nSPS) is 36.8. The lowest BCUT2D eigenvalue weighted by Gasteiger charge is -2.43. The second kappa shape index (κ2) is 33.0. The average molecular weight is 1250 g/mol. The maximum atomic E-state index is 14.9. The number of allylic oxidation sites excluding steroid dienone is 6. The lowest BCUT2D eigenvalue weighted by molar-refractivity contribution is -0.265. The molecule has 1 saturated carbocycles. The molecule has 1 N–H and O–H groups in total. The summed E-state index contributed by atoms with van der Waals surface area (Å²) in [6, 6.07) is 4.99. The van der Waals surface area contributed by atoms with E-state index in [9.17, 15) is 24.3 Å². The summed E-state index contributed by atoms with van der Waals surface area (Å²) in [6.45, 7) is 27.8. The predicted octanol–water partition coefficient (Wildman–Crippen LogP) is 13.5. The van der Waals surface area contributed by atoms with Gasteiger partial charge in [0.1, 0.15) is 18.2 Å². The van der Waals surface area contributed by atoms with Gasteiger partial charge in [0, 0.05) is 50.1 Å². The molecule has 0 aromatic rings. The van der Waals surface area contributed by atoms with E-state index in [1.165, 1.54) is 4.90 Å². The van der Waals surface area contributed by atoms with Crippen molar-refractivity contribution in [3.05, 3.63) is 47.6 Å². The van der Waals surface area contributed by atoms with Gasteiger partial charge in [-0.1, -0.05) is 135 Å².